The largest absolute Gasteiger partial charge is 0.508 e. The zero-order chi connectivity index (χ0) is 44.8. The van der Waals surface area contributed by atoms with Gasteiger partial charge in [0, 0.05) is 61.1 Å². The fraction of sp³-hybridized carbons (Fsp3) is 0.280. The summed E-state index contributed by atoms with van der Waals surface area (Å²) in [6, 6.07) is 26.8. The highest BCUT2D eigenvalue weighted by Crippen LogP contribution is 2.41. The van der Waals surface area contributed by atoms with Crippen LogP contribution >= 0.6 is 46.4 Å². The molecule has 2 fully saturated rings. The third-order valence-corrected chi connectivity index (χ3v) is 13.7. The van der Waals surface area contributed by atoms with Crippen molar-refractivity contribution in [1.29, 1.82) is 0 Å². The number of fused-ring (bicyclic) bond motifs is 2. The van der Waals surface area contributed by atoms with Crippen LogP contribution in [0.25, 0.3) is 44.8 Å². The number of hydrazine groups is 1. The molecule has 0 radical (unpaired) electrons. The van der Waals surface area contributed by atoms with Gasteiger partial charge in [-0.05, 0) is 159 Å². The van der Waals surface area contributed by atoms with Gasteiger partial charge in [0.1, 0.15) is 11.5 Å². The number of aromatic nitrogens is 3. The van der Waals surface area contributed by atoms with E-state index in [0.29, 0.717) is 32.0 Å². The van der Waals surface area contributed by atoms with Crippen LogP contribution in [0.2, 0.25) is 20.1 Å². The van der Waals surface area contributed by atoms with Gasteiger partial charge in [-0.2, -0.15) is 0 Å². The van der Waals surface area contributed by atoms with Crippen LogP contribution in [0, 0.1) is 13.8 Å². The van der Waals surface area contributed by atoms with Gasteiger partial charge in [0.25, 0.3) is 11.5 Å². The Labute approximate surface area is 391 Å². The van der Waals surface area contributed by atoms with Crippen LogP contribution in [0.4, 0.5) is 0 Å². The second kappa shape index (κ2) is 18.3. The summed E-state index contributed by atoms with van der Waals surface area (Å²) < 4.78 is 5.86. The number of rotatable bonds is 6. The predicted octanol–water partition coefficient (Wildman–Crippen LogP) is 11.8. The standard InChI is InChI=1S/C25H25Cl2N3O2.C25H23Cl2N3O2/c2*1-16-23-22(11-14-29(25(23)32)28-12-3-2-4-13-28)30(21-10-7-18(26)15-20(21)27)24(16)17-5-8-19(31)9-6-17/h5-10,15,31H,2-4,11-14H2,1H3;5-11,14-15,31H,2-4,12-13H2,1H3. The molecule has 330 valence electrons. The number of pyridine rings is 1. The van der Waals surface area contributed by atoms with Crippen molar-refractivity contribution in [2.24, 2.45) is 0 Å². The maximum atomic E-state index is 13.7. The highest BCUT2D eigenvalue weighted by molar-refractivity contribution is 6.36. The summed E-state index contributed by atoms with van der Waals surface area (Å²) in [7, 11) is 0. The second-order valence-electron chi connectivity index (χ2n) is 16.7. The first-order chi connectivity index (χ1) is 30.9. The zero-order valence-corrected chi connectivity index (χ0v) is 38.7. The summed E-state index contributed by atoms with van der Waals surface area (Å²) in [5.74, 6) is 0.437. The van der Waals surface area contributed by atoms with E-state index in [-0.39, 0.29) is 23.0 Å². The number of phenols is 2. The zero-order valence-electron chi connectivity index (χ0n) is 35.6. The third-order valence-electron chi connectivity index (χ3n) is 12.7. The van der Waals surface area contributed by atoms with Crippen LogP contribution in [0.3, 0.4) is 0 Å². The van der Waals surface area contributed by atoms with Crippen molar-refractivity contribution in [3.05, 3.63) is 150 Å². The molecule has 4 aromatic carbocycles. The molecule has 0 unspecified atom stereocenters. The summed E-state index contributed by atoms with van der Waals surface area (Å²) in [5, 5.41) is 28.7. The van der Waals surface area contributed by atoms with E-state index < -0.39 is 0 Å². The molecule has 0 bridgehead atoms. The Morgan fingerprint density at radius 3 is 1.58 bits per heavy atom. The maximum absolute atomic E-state index is 13.7. The minimum atomic E-state index is -0.0363. The molecule has 2 N–H and O–H groups in total. The number of halogens is 4. The number of hydrogen-bond acceptors (Lipinski definition) is 6. The van der Waals surface area contributed by atoms with Crippen molar-refractivity contribution in [1.82, 2.24) is 23.8 Å². The minimum Gasteiger partial charge on any atom is -0.508 e. The molecule has 0 spiro atoms. The molecule has 64 heavy (non-hydrogen) atoms. The predicted molar refractivity (Wildman–Crippen MR) is 259 cm³/mol. The number of benzene rings is 4. The SMILES string of the molecule is Cc1c(-c2ccc(O)cc2)n(-c2ccc(Cl)cc2Cl)c2ccn(N3CCCCC3)c(=O)c12.Cc1c2c(n(-c3ccc(Cl)cc3Cl)c1-c1ccc(O)cc1)CCN(N1CCCCC1)C2=O. The van der Waals surface area contributed by atoms with Crippen molar-refractivity contribution in [2.75, 3.05) is 37.7 Å². The smallest absolute Gasteiger partial charge is 0.278 e. The summed E-state index contributed by atoms with van der Waals surface area (Å²) in [6.45, 7) is 8.21. The number of nitrogens with zero attached hydrogens (tertiary/aromatic N) is 6. The van der Waals surface area contributed by atoms with E-state index in [2.05, 4.69) is 14.6 Å². The highest BCUT2D eigenvalue weighted by Gasteiger charge is 2.36. The molecule has 14 heteroatoms. The van der Waals surface area contributed by atoms with Gasteiger partial charge in [0.2, 0.25) is 0 Å². The van der Waals surface area contributed by atoms with Gasteiger partial charge in [-0.1, -0.05) is 52.8 Å². The lowest BCUT2D eigenvalue weighted by Crippen LogP contribution is -2.51. The van der Waals surface area contributed by atoms with Crippen LogP contribution in [0.15, 0.2) is 102 Å². The average molecular weight is 939 g/mol. The second-order valence-corrected chi connectivity index (χ2v) is 18.3. The molecule has 3 aromatic heterocycles. The number of aryl methyl sites for hydroxylation is 1. The lowest BCUT2D eigenvalue weighted by molar-refractivity contribution is -0.0237. The molecule has 0 aliphatic carbocycles. The number of carbonyl (C=O) groups excluding carboxylic acids is 1. The Balaban J connectivity index is 0.000000162. The summed E-state index contributed by atoms with van der Waals surface area (Å²) in [5.41, 5.74) is 9.35. The number of piperidine rings is 2. The van der Waals surface area contributed by atoms with E-state index in [1.165, 1.54) is 12.8 Å². The topological polar surface area (TPSA) is 99.1 Å². The van der Waals surface area contributed by atoms with Crippen LogP contribution in [0.5, 0.6) is 11.5 Å². The van der Waals surface area contributed by atoms with Gasteiger partial charge in [0.05, 0.1) is 49.3 Å². The van der Waals surface area contributed by atoms with E-state index in [4.69, 9.17) is 46.4 Å². The number of aromatic hydroxyl groups is 2. The van der Waals surface area contributed by atoms with Crippen molar-refractivity contribution in [3.8, 4) is 45.4 Å². The molecule has 3 aliphatic rings. The Hall–Kier alpha value is -5.36. The first-order valence-electron chi connectivity index (χ1n) is 21.7. The summed E-state index contributed by atoms with van der Waals surface area (Å²) >= 11 is 25.6. The fourth-order valence-electron chi connectivity index (χ4n) is 9.65. The van der Waals surface area contributed by atoms with Crippen LogP contribution in [0.1, 0.15) is 65.7 Å². The van der Waals surface area contributed by atoms with E-state index in [0.717, 1.165) is 120 Å². The van der Waals surface area contributed by atoms with Crippen molar-refractivity contribution >= 4 is 63.2 Å². The summed E-state index contributed by atoms with van der Waals surface area (Å²) in [4.78, 5) is 27.4. The Bertz CT molecular complexity index is 2950. The van der Waals surface area contributed by atoms with Crippen LogP contribution in [-0.2, 0) is 6.42 Å². The molecular weight excluding hydrogens is 890 g/mol. The Kier molecular flexibility index (Phi) is 12.5. The molecule has 0 saturated carbocycles. The van der Waals surface area contributed by atoms with Crippen molar-refractivity contribution in [3.63, 3.8) is 0 Å². The van der Waals surface area contributed by atoms with Gasteiger partial charge in [-0.15, -0.1) is 0 Å². The van der Waals surface area contributed by atoms with Gasteiger partial charge in [-0.3, -0.25) is 14.6 Å². The number of hydrogen-bond donors (Lipinski definition) is 2. The molecular formula is C50H48Cl4N6O4. The Morgan fingerprint density at radius 1 is 0.547 bits per heavy atom. The Morgan fingerprint density at radius 2 is 1.05 bits per heavy atom. The molecule has 10 nitrogen and oxygen atoms in total. The summed E-state index contributed by atoms with van der Waals surface area (Å²) in [6.07, 6.45) is 9.42. The normalized spacial score (nSPS) is 15.6. The van der Waals surface area contributed by atoms with Gasteiger partial charge < -0.3 is 24.4 Å². The van der Waals surface area contributed by atoms with Crippen LogP contribution < -0.4 is 10.6 Å². The van der Waals surface area contributed by atoms with E-state index in [9.17, 15) is 19.8 Å². The fourth-order valence-corrected chi connectivity index (χ4v) is 10.6. The first kappa shape index (κ1) is 43.9. The van der Waals surface area contributed by atoms with E-state index in [1.54, 1.807) is 47.1 Å². The van der Waals surface area contributed by atoms with Gasteiger partial charge in [0.15, 0.2) is 0 Å². The monoisotopic (exact) mass is 936 g/mol. The lowest BCUT2D eigenvalue weighted by atomic mass is 10.0. The molecule has 2 saturated heterocycles. The quantitative estimate of drug-likeness (QED) is 0.172. The van der Waals surface area contributed by atoms with E-state index >= 15 is 0 Å². The van der Waals surface area contributed by atoms with E-state index in [1.807, 2.05) is 78.2 Å². The van der Waals surface area contributed by atoms with Crippen molar-refractivity contribution < 1.29 is 15.0 Å². The molecule has 3 aliphatic heterocycles. The van der Waals surface area contributed by atoms with Crippen LogP contribution in [-0.4, -0.2) is 72.7 Å². The lowest BCUT2D eigenvalue weighted by Gasteiger charge is -2.39. The minimum absolute atomic E-state index is 0.0363. The average Bonchev–Trinajstić information content (AvgIpc) is 3.76. The maximum Gasteiger partial charge on any atom is 0.278 e. The van der Waals surface area contributed by atoms with Crippen molar-refractivity contribution in [2.45, 2.75) is 58.8 Å². The molecule has 1 amide bonds. The number of phenolic OH excluding ortho intramolecular Hbond substituents is 2. The number of carbonyl (C=O) groups is 1. The van der Waals surface area contributed by atoms with Gasteiger partial charge in [-0.25, -0.2) is 9.69 Å². The first-order valence-corrected chi connectivity index (χ1v) is 23.2. The third kappa shape index (κ3) is 8.15. The highest BCUT2D eigenvalue weighted by atomic mass is 35.5. The molecule has 7 aromatic rings. The molecule has 6 heterocycles. The molecule has 10 rings (SSSR count). The van der Waals surface area contributed by atoms with Gasteiger partial charge >= 0.3 is 0 Å². The molecule has 0 atom stereocenters. The number of amides is 1.